The number of halogens is 1. The van der Waals surface area contributed by atoms with Crippen LogP contribution < -0.4 is 20.1 Å². The third-order valence-corrected chi connectivity index (χ3v) is 5.30. The average molecular weight is 444 g/mol. The Hall–Kier alpha value is -4.33. The number of aromatic amines is 1. The summed E-state index contributed by atoms with van der Waals surface area (Å²) in [5, 5.41) is 7.01. The lowest BCUT2D eigenvalue weighted by Gasteiger charge is -2.12. The van der Waals surface area contributed by atoms with Crippen LogP contribution in [0.4, 0.5) is 10.1 Å². The maximum Gasteiger partial charge on any atom is 0.258 e. The molecule has 0 unspecified atom stereocenters. The van der Waals surface area contributed by atoms with Gasteiger partial charge < -0.3 is 19.8 Å². The number of para-hydroxylation sites is 1. The number of rotatable bonds is 5. The van der Waals surface area contributed by atoms with Crippen LogP contribution in [0.2, 0.25) is 0 Å². The van der Waals surface area contributed by atoms with Crippen LogP contribution in [0.1, 0.15) is 15.9 Å². The molecule has 3 N–H and O–H groups in total. The fourth-order valence-electron chi connectivity index (χ4n) is 3.62. The van der Waals surface area contributed by atoms with E-state index in [-0.39, 0.29) is 24.5 Å². The predicted molar refractivity (Wildman–Crippen MR) is 124 cm³/mol. The Morgan fingerprint density at radius 3 is 2.73 bits per heavy atom. The number of hydrogen-bond acceptors (Lipinski definition) is 4. The maximum atomic E-state index is 13.3. The van der Waals surface area contributed by atoms with Gasteiger partial charge in [-0.15, -0.1) is 0 Å². The Morgan fingerprint density at radius 1 is 1.03 bits per heavy atom. The number of aromatic nitrogens is 1. The standard InChI is InChI=1S/C25H21FN4O3/c26-18-6-8-19(9-7-18)29-25(27-12-11-17-14-28-21-4-2-1-3-20(17)21)30-24(31)16-5-10-22-23(13-16)33-15-32-22/h1-10,13-14,28H,11-12,15H2,(H2,27,29,30,31). The van der Waals surface area contributed by atoms with Gasteiger partial charge in [-0.25, -0.2) is 4.39 Å². The van der Waals surface area contributed by atoms with Gasteiger partial charge in [-0.3, -0.25) is 15.1 Å². The van der Waals surface area contributed by atoms with Crippen molar-refractivity contribution in [3.8, 4) is 11.5 Å². The monoisotopic (exact) mass is 444 g/mol. The second kappa shape index (κ2) is 9.04. The zero-order chi connectivity index (χ0) is 22.6. The van der Waals surface area contributed by atoms with E-state index >= 15 is 0 Å². The minimum atomic E-state index is -0.353. The highest BCUT2D eigenvalue weighted by Crippen LogP contribution is 2.32. The van der Waals surface area contributed by atoms with Crippen LogP contribution in [-0.2, 0) is 6.42 Å². The number of fused-ring (bicyclic) bond motifs is 2. The van der Waals surface area contributed by atoms with Gasteiger partial charge in [-0.2, -0.15) is 0 Å². The van der Waals surface area contributed by atoms with Gasteiger partial charge in [0.15, 0.2) is 11.5 Å². The largest absolute Gasteiger partial charge is 0.454 e. The molecule has 5 rings (SSSR count). The van der Waals surface area contributed by atoms with Crippen molar-refractivity contribution in [1.29, 1.82) is 0 Å². The van der Waals surface area contributed by atoms with Crippen molar-refractivity contribution in [1.82, 2.24) is 10.3 Å². The molecule has 166 valence electrons. The Kier molecular flexibility index (Phi) is 5.63. The average Bonchev–Trinajstić information content (AvgIpc) is 3.47. The highest BCUT2D eigenvalue weighted by atomic mass is 19.1. The van der Waals surface area contributed by atoms with Crippen LogP contribution in [0.5, 0.6) is 11.5 Å². The van der Waals surface area contributed by atoms with Crippen molar-refractivity contribution in [2.24, 2.45) is 4.99 Å². The van der Waals surface area contributed by atoms with Gasteiger partial charge >= 0.3 is 0 Å². The molecule has 0 fully saturated rings. The quantitative estimate of drug-likeness (QED) is 0.313. The number of benzene rings is 3. The zero-order valence-electron chi connectivity index (χ0n) is 17.6. The summed E-state index contributed by atoms with van der Waals surface area (Å²) in [4.78, 5) is 20.7. The van der Waals surface area contributed by atoms with Crippen LogP contribution in [-0.4, -0.2) is 30.2 Å². The molecule has 1 amide bonds. The maximum absolute atomic E-state index is 13.3. The SMILES string of the molecule is O=C(NC(=NCCc1c[nH]c2ccccc12)Nc1ccc(F)cc1)c1ccc2c(c1)OCO2. The highest BCUT2D eigenvalue weighted by molar-refractivity contribution is 6.10. The highest BCUT2D eigenvalue weighted by Gasteiger charge is 2.17. The number of H-pyrrole nitrogens is 1. The number of nitrogens with one attached hydrogen (secondary N) is 3. The first kappa shape index (κ1) is 20.6. The second-order valence-corrected chi connectivity index (χ2v) is 7.49. The molecule has 1 aliphatic rings. The van der Waals surface area contributed by atoms with Crippen molar-refractivity contribution < 1.29 is 18.7 Å². The molecule has 8 heteroatoms. The minimum absolute atomic E-state index is 0.132. The summed E-state index contributed by atoms with van der Waals surface area (Å²) in [5.41, 5.74) is 3.22. The van der Waals surface area contributed by atoms with Crippen molar-refractivity contribution in [3.05, 3.63) is 89.9 Å². The number of hydrogen-bond donors (Lipinski definition) is 3. The molecule has 2 heterocycles. The molecule has 1 aliphatic heterocycles. The number of aliphatic imine (C=N–C) groups is 1. The number of guanidine groups is 1. The molecule has 0 saturated heterocycles. The number of nitrogens with zero attached hydrogens (tertiary/aromatic N) is 1. The summed E-state index contributed by atoms with van der Waals surface area (Å²) < 4.78 is 24.0. The topological polar surface area (TPSA) is 87.7 Å². The molecular formula is C25H21FN4O3. The van der Waals surface area contributed by atoms with E-state index < -0.39 is 0 Å². The van der Waals surface area contributed by atoms with Crippen molar-refractivity contribution >= 4 is 28.5 Å². The summed E-state index contributed by atoms with van der Waals surface area (Å²) >= 11 is 0. The van der Waals surface area contributed by atoms with Gasteiger partial charge in [-0.05, 0) is 60.5 Å². The van der Waals surface area contributed by atoms with E-state index in [0.29, 0.717) is 35.7 Å². The van der Waals surface area contributed by atoms with Gasteiger partial charge in [-0.1, -0.05) is 18.2 Å². The first-order valence-electron chi connectivity index (χ1n) is 10.5. The fourth-order valence-corrected chi connectivity index (χ4v) is 3.62. The molecule has 1 aromatic heterocycles. The molecule has 7 nitrogen and oxygen atoms in total. The van der Waals surface area contributed by atoms with E-state index in [9.17, 15) is 9.18 Å². The molecule has 0 bridgehead atoms. The Balaban J connectivity index is 1.34. The molecular weight excluding hydrogens is 423 g/mol. The van der Waals surface area contributed by atoms with E-state index in [2.05, 4.69) is 26.7 Å². The molecule has 0 spiro atoms. The zero-order valence-corrected chi connectivity index (χ0v) is 17.6. The van der Waals surface area contributed by atoms with Gasteiger partial charge in [0.25, 0.3) is 5.91 Å². The van der Waals surface area contributed by atoms with E-state index in [1.807, 2.05) is 24.4 Å². The number of anilines is 1. The van der Waals surface area contributed by atoms with E-state index in [1.165, 1.54) is 12.1 Å². The normalized spacial score (nSPS) is 12.7. The van der Waals surface area contributed by atoms with E-state index in [4.69, 9.17) is 9.47 Å². The number of carbonyl (C=O) groups is 1. The third-order valence-electron chi connectivity index (χ3n) is 5.30. The first-order chi connectivity index (χ1) is 16.2. The summed E-state index contributed by atoms with van der Waals surface area (Å²) in [6.07, 6.45) is 2.65. The van der Waals surface area contributed by atoms with Crippen LogP contribution in [0.25, 0.3) is 10.9 Å². The van der Waals surface area contributed by atoms with Gasteiger partial charge in [0.05, 0.1) is 0 Å². The Labute approximate surface area is 189 Å². The summed E-state index contributed by atoms with van der Waals surface area (Å²) in [5.74, 6) is 0.691. The number of carbonyl (C=O) groups excluding carboxylic acids is 1. The Morgan fingerprint density at radius 2 is 1.85 bits per heavy atom. The van der Waals surface area contributed by atoms with Crippen molar-refractivity contribution in [2.75, 3.05) is 18.7 Å². The Bertz CT molecular complexity index is 1330. The predicted octanol–water partition coefficient (Wildman–Crippen LogP) is 4.48. The molecule has 0 aliphatic carbocycles. The lowest BCUT2D eigenvalue weighted by molar-refractivity contribution is 0.0976. The second-order valence-electron chi connectivity index (χ2n) is 7.49. The molecule has 0 atom stereocenters. The smallest absolute Gasteiger partial charge is 0.258 e. The molecule has 0 radical (unpaired) electrons. The molecule has 33 heavy (non-hydrogen) atoms. The van der Waals surface area contributed by atoms with Crippen molar-refractivity contribution in [3.63, 3.8) is 0 Å². The molecule has 4 aromatic rings. The third kappa shape index (κ3) is 4.64. The van der Waals surface area contributed by atoms with Crippen LogP contribution in [0.15, 0.2) is 77.9 Å². The van der Waals surface area contributed by atoms with E-state index in [0.717, 1.165) is 16.5 Å². The van der Waals surface area contributed by atoms with Gasteiger partial charge in [0.2, 0.25) is 12.8 Å². The number of ether oxygens (including phenoxy) is 2. The summed E-state index contributed by atoms with van der Waals surface area (Å²) in [7, 11) is 0. The number of amides is 1. The molecule has 3 aromatic carbocycles. The van der Waals surface area contributed by atoms with Crippen LogP contribution in [0, 0.1) is 5.82 Å². The molecule has 0 saturated carbocycles. The lowest BCUT2D eigenvalue weighted by Crippen LogP contribution is -2.36. The van der Waals surface area contributed by atoms with Crippen LogP contribution in [0.3, 0.4) is 0 Å². The summed E-state index contributed by atoms with van der Waals surface area (Å²) in [6, 6.07) is 18.9. The van der Waals surface area contributed by atoms with Gasteiger partial charge in [0.1, 0.15) is 5.82 Å². The van der Waals surface area contributed by atoms with Crippen molar-refractivity contribution in [2.45, 2.75) is 6.42 Å². The summed E-state index contributed by atoms with van der Waals surface area (Å²) in [6.45, 7) is 0.569. The van der Waals surface area contributed by atoms with E-state index in [1.54, 1.807) is 30.3 Å². The van der Waals surface area contributed by atoms with Gasteiger partial charge in [0, 0.05) is 34.9 Å². The lowest BCUT2D eigenvalue weighted by atomic mass is 10.1. The minimum Gasteiger partial charge on any atom is -0.454 e. The first-order valence-corrected chi connectivity index (χ1v) is 10.5. The fraction of sp³-hybridized carbons (Fsp3) is 0.120. The van der Waals surface area contributed by atoms with Crippen LogP contribution >= 0.6 is 0 Å².